The van der Waals surface area contributed by atoms with E-state index < -0.39 is 0 Å². The summed E-state index contributed by atoms with van der Waals surface area (Å²) in [5.41, 5.74) is 1.75. The first kappa shape index (κ1) is 19.0. The number of benzene rings is 2. The first-order chi connectivity index (χ1) is 13.7. The number of nitrogens with zero attached hydrogens (tertiary/aromatic N) is 3. The second-order valence-electron chi connectivity index (χ2n) is 7.34. The van der Waals surface area contributed by atoms with Crippen molar-refractivity contribution in [3.05, 3.63) is 65.2 Å². The van der Waals surface area contributed by atoms with Crippen molar-refractivity contribution in [1.29, 1.82) is 0 Å². The summed E-state index contributed by atoms with van der Waals surface area (Å²) in [5, 5.41) is 14.3. The molecule has 1 unspecified atom stereocenters. The van der Waals surface area contributed by atoms with Crippen LogP contribution in [-0.4, -0.2) is 39.2 Å². The number of rotatable bonds is 5. The van der Waals surface area contributed by atoms with Crippen LogP contribution < -0.4 is 4.90 Å². The second kappa shape index (κ2) is 8.34. The lowest BCUT2D eigenvalue weighted by atomic mass is 10.00. The van der Waals surface area contributed by atoms with Crippen molar-refractivity contribution in [1.82, 2.24) is 14.3 Å². The van der Waals surface area contributed by atoms with Gasteiger partial charge >= 0.3 is 0 Å². The van der Waals surface area contributed by atoms with Gasteiger partial charge in [0.25, 0.3) is 0 Å². The van der Waals surface area contributed by atoms with Crippen molar-refractivity contribution >= 4 is 12.2 Å². The van der Waals surface area contributed by atoms with E-state index in [1.165, 1.54) is 17.0 Å². The zero-order chi connectivity index (χ0) is 19.5. The molecule has 7 heteroatoms. The van der Waals surface area contributed by atoms with Gasteiger partial charge in [-0.2, -0.15) is 4.68 Å². The summed E-state index contributed by atoms with van der Waals surface area (Å²) in [6.07, 6.45) is 2.17. The number of quaternary nitrogens is 1. The topological polar surface area (TPSA) is 47.4 Å². The molecule has 1 saturated heterocycles. The first-order valence-electron chi connectivity index (χ1n) is 9.61. The van der Waals surface area contributed by atoms with E-state index in [-0.39, 0.29) is 12.4 Å². The van der Waals surface area contributed by atoms with Gasteiger partial charge in [0.1, 0.15) is 5.82 Å². The summed E-state index contributed by atoms with van der Waals surface area (Å²) in [4.78, 5) is 1.37. The highest BCUT2D eigenvalue weighted by Gasteiger charge is 2.24. The van der Waals surface area contributed by atoms with Gasteiger partial charge < -0.3 is 10.0 Å². The normalized spacial score (nSPS) is 19.6. The van der Waals surface area contributed by atoms with Gasteiger partial charge in [-0.05, 0) is 49.3 Å². The van der Waals surface area contributed by atoms with Crippen molar-refractivity contribution < 1.29 is 14.4 Å². The number of piperidine rings is 1. The molecule has 1 aliphatic heterocycles. The van der Waals surface area contributed by atoms with E-state index in [2.05, 4.69) is 0 Å². The van der Waals surface area contributed by atoms with Gasteiger partial charge in [-0.1, -0.05) is 30.3 Å². The van der Waals surface area contributed by atoms with E-state index in [0.717, 1.165) is 43.0 Å². The van der Waals surface area contributed by atoms with E-state index in [1.807, 2.05) is 39.6 Å². The molecule has 2 N–H and O–H groups in total. The van der Waals surface area contributed by atoms with Crippen molar-refractivity contribution in [2.45, 2.75) is 19.5 Å². The molecular formula is C21H24FN4OS+. The number of likely N-dealkylation sites (tertiary alicyclic amines) is 1. The van der Waals surface area contributed by atoms with Crippen LogP contribution in [0.15, 0.2) is 54.6 Å². The van der Waals surface area contributed by atoms with Gasteiger partial charge in [0.05, 0.1) is 25.4 Å². The molecule has 1 aliphatic rings. The molecule has 0 amide bonds. The Morgan fingerprint density at radius 1 is 1.14 bits per heavy atom. The fourth-order valence-corrected chi connectivity index (χ4v) is 4.17. The Hall–Kier alpha value is -2.35. The number of aliphatic hydroxyl groups excluding tert-OH is 1. The highest BCUT2D eigenvalue weighted by molar-refractivity contribution is 7.71. The molecule has 1 fully saturated rings. The Balaban J connectivity index is 1.74. The summed E-state index contributed by atoms with van der Waals surface area (Å²) >= 11 is 5.76. The van der Waals surface area contributed by atoms with Crippen LogP contribution in [-0.2, 0) is 6.67 Å². The number of hydrogen-bond donors (Lipinski definition) is 2. The van der Waals surface area contributed by atoms with Crippen LogP contribution in [0.4, 0.5) is 4.39 Å². The summed E-state index contributed by atoms with van der Waals surface area (Å²) in [6.45, 7) is 2.85. The van der Waals surface area contributed by atoms with Crippen molar-refractivity contribution in [3.8, 4) is 17.1 Å². The number of aromatic nitrogens is 3. The number of hydrogen-bond acceptors (Lipinski definition) is 3. The minimum Gasteiger partial charge on any atom is -0.396 e. The van der Waals surface area contributed by atoms with E-state index in [0.29, 0.717) is 17.4 Å². The summed E-state index contributed by atoms with van der Waals surface area (Å²) < 4.78 is 17.8. The highest BCUT2D eigenvalue weighted by Crippen LogP contribution is 2.22. The number of nitrogens with one attached hydrogen (secondary N) is 1. The molecule has 4 rings (SSSR count). The Labute approximate surface area is 168 Å². The van der Waals surface area contributed by atoms with Crippen LogP contribution in [0.25, 0.3) is 17.1 Å². The summed E-state index contributed by atoms with van der Waals surface area (Å²) in [5.74, 6) is 0.801. The lowest BCUT2D eigenvalue weighted by molar-refractivity contribution is -0.931. The van der Waals surface area contributed by atoms with Gasteiger partial charge in [0, 0.05) is 11.5 Å². The monoisotopic (exact) mass is 399 g/mol. The molecule has 5 nitrogen and oxygen atoms in total. The maximum Gasteiger partial charge on any atom is 0.207 e. The van der Waals surface area contributed by atoms with E-state index in [4.69, 9.17) is 17.3 Å². The van der Waals surface area contributed by atoms with E-state index >= 15 is 0 Å². The first-order valence-corrected chi connectivity index (χ1v) is 10.0. The predicted molar refractivity (Wildman–Crippen MR) is 108 cm³/mol. The molecule has 0 saturated carbocycles. The van der Waals surface area contributed by atoms with Crippen LogP contribution in [0.2, 0.25) is 0 Å². The molecule has 0 radical (unpaired) electrons. The van der Waals surface area contributed by atoms with Gasteiger partial charge in [0.15, 0.2) is 12.5 Å². The van der Waals surface area contributed by atoms with Crippen LogP contribution in [0.5, 0.6) is 0 Å². The standard InChI is InChI=1S/C21H23FN4OS/c22-18-8-10-19(11-9-18)26-20(17-6-2-1-3-7-17)23-25(21(26)28)15-24-12-4-5-16(13-24)14-27/h1-3,6-11,16,27H,4-5,12-15H2/p+1/t16-/m0/s1. The second-order valence-corrected chi connectivity index (χ2v) is 7.70. The van der Waals surface area contributed by atoms with E-state index in [9.17, 15) is 9.50 Å². The average Bonchev–Trinajstić information content (AvgIpc) is 3.05. The average molecular weight is 400 g/mol. The van der Waals surface area contributed by atoms with Crippen molar-refractivity contribution in [3.63, 3.8) is 0 Å². The zero-order valence-corrected chi connectivity index (χ0v) is 16.4. The fourth-order valence-electron chi connectivity index (χ4n) is 3.87. The number of halogens is 1. The highest BCUT2D eigenvalue weighted by atomic mass is 32.1. The molecule has 3 aromatic rings. The Morgan fingerprint density at radius 3 is 2.61 bits per heavy atom. The van der Waals surface area contributed by atoms with Crippen LogP contribution in [0.3, 0.4) is 0 Å². The van der Waals surface area contributed by atoms with Gasteiger partial charge in [-0.3, -0.25) is 4.57 Å². The Bertz CT molecular complexity index is 984. The third kappa shape index (κ3) is 3.92. The van der Waals surface area contributed by atoms with Crippen LogP contribution >= 0.6 is 12.2 Å². The molecule has 2 aromatic carbocycles. The minimum absolute atomic E-state index is 0.230. The Kier molecular flexibility index (Phi) is 5.66. The molecule has 28 heavy (non-hydrogen) atoms. The maximum atomic E-state index is 13.4. The summed E-state index contributed by atoms with van der Waals surface area (Å²) in [6, 6.07) is 16.2. The quantitative estimate of drug-likeness (QED) is 0.648. The van der Waals surface area contributed by atoms with E-state index in [1.54, 1.807) is 12.1 Å². The SMILES string of the molecule is OC[C@H]1CCC[NH+](Cn2nc(-c3ccccc3)n(-c3ccc(F)cc3)c2=S)C1. The number of aliphatic hydroxyl groups is 1. The van der Waals surface area contributed by atoms with Gasteiger partial charge in [0.2, 0.25) is 4.77 Å². The van der Waals surface area contributed by atoms with Crippen molar-refractivity contribution in [2.24, 2.45) is 5.92 Å². The molecule has 146 valence electrons. The van der Waals surface area contributed by atoms with Crippen LogP contribution in [0.1, 0.15) is 12.8 Å². The summed E-state index contributed by atoms with van der Waals surface area (Å²) in [7, 11) is 0. The lowest BCUT2D eigenvalue weighted by Gasteiger charge is -2.28. The molecular weight excluding hydrogens is 375 g/mol. The zero-order valence-electron chi connectivity index (χ0n) is 15.6. The smallest absolute Gasteiger partial charge is 0.207 e. The minimum atomic E-state index is -0.281. The molecule has 0 aliphatic carbocycles. The Morgan fingerprint density at radius 2 is 1.89 bits per heavy atom. The molecule has 2 heterocycles. The molecule has 1 aromatic heterocycles. The molecule has 0 spiro atoms. The molecule has 2 atom stereocenters. The van der Waals surface area contributed by atoms with Crippen molar-refractivity contribution in [2.75, 3.05) is 19.7 Å². The van der Waals surface area contributed by atoms with Gasteiger partial charge in [-0.15, -0.1) is 5.10 Å². The third-order valence-corrected chi connectivity index (χ3v) is 5.70. The molecule has 0 bridgehead atoms. The fraction of sp³-hybridized carbons (Fsp3) is 0.333. The lowest BCUT2D eigenvalue weighted by Crippen LogP contribution is -3.13. The third-order valence-electron chi connectivity index (χ3n) is 5.31. The van der Waals surface area contributed by atoms with Crippen LogP contribution in [0, 0.1) is 16.5 Å². The largest absolute Gasteiger partial charge is 0.396 e. The van der Waals surface area contributed by atoms with Gasteiger partial charge in [-0.25, -0.2) is 4.39 Å². The maximum absolute atomic E-state index is 13.4. The predicted octanol–water partition coefficient (Wildman–Crippen LogP) is 2.45.